The summed E-state index contributed by atoms with van der Waals surface area (Å²) < 4.78 is 5.26. The van der Waals surface area contributed by atoms with Crippen LogP contribution >= 0.6 is 11.6 Å². The van der Waals surface area contributed by atoms with Crippen LogP contribution in [0.3, 0.4) is 0 Å². The molecule has 104 valence electrons. The maximum absolute atomic E-state index is 12.5. The Morgan fingerprint density at radius 1 is 1.32 bits per heavy atom. The summed E-state index contributed by atoms with van der Waals surface area (Å²) in [7, 11) is 0. The molecule has 1 saturated carbocycles. The third-order valence-electron chi connectivity index (χ3n) is 3.95. The molecule has 2 fully saturated rings. The fraction of sp³-hybridized carbons (Fsp3) is 0.643. The first-order valence-corrected chi connectivity index (χ1v) is 7.39. The summed E-state index contributed by atoms with van der Waals surface area (Å²) in [5.74, 6) is 0.968. The molecule has 2 aliphatic rings. The Balaban J connectivity index is 1.68. The van der Waals surface area contributed by atoms with Gasteiger partial charge in [0.05, 0.1) is 0 Å². The largest absolute Gasteiger partial charge is 0.440 e. The molecule has 5 heteroatoms. The van der Waals surface area contributed by atoms with E-state index in [1.54, 1.807) is 12.1 Å². The van der Waals surface area contributed by atoms with E-state index in [2.05, 4.69) is 5.32 Å². The topological polar surface area (TPSA) is 45.5 Å². The van der Waals surface area contributed by atoms with Crippen LogP contribution in [0.4, 0.5) is 0 Å². The fourth-order valence-electron chi connectivity index (χ4n) is 2.70. The van der Waals surface area contributed by atoms with E-state index in [9.17, 15) is 4.79 Å². The van der Waals surface area contributed by atoms with Crippen molar-refractivity contribution in [2.75, 3.05) is 19.6 Å². The zero-order valence-corrected chi connectivity index (χ0v) is 11.7. The third-order valence-corrected chi connectivity index (χ3v) is 4.15. The van der Waals surface area contributed by atoms with Gasteiger partial charge in [-0.1, -0.05) is 0 Å². The number of halogens is 1. The average Bonchev–Trinajstić information content (AvgIpc) is 3.18. The van der Waals surface area contributed by atoms with Crippen molar-refractivity contribution in [2.24, 2.45) is 5.92 Å². The van der Waals surface area contributed by atoms with Gasteiger partial charge in [0.2, 0.25) is 0 Å². The van der Waals surface area contributed by atoms with Crippen LogP contribution in [0.25, 0.3) is 0 Å². The second kappa shape index (κ2) is 5.55. The molecular formula is C14H19ClN2O2. The first-order valence-electron chi connectivity index (χ1n) is 7.01. The first kappa shape index (κ1) is 13.0. The Morgan fingerprint density at radius 2 is 2.05 bits per heavy atom. The number of hydrogen-bond acceptors (Lipinski definition) is 3. The van der Waals surface area contributed by atoms with Gasteiger partial charge < -0.3 is 14.6 Å². The van der Waals surface area contributed by atoms with Crippen molar-refractivity contribution in [1.29, 1.82) is 0 Å². The number of nitrogens with zero attached hydrogens (tertiary/aromatic N) is 1. The van der Waals surface area contributed by atoms with E-state index in [0.29, 0.717) is 17.7 Å². The molecule has 1 amide bonds. The van der Waals surface area contributed by atoms with Crippen molar-refractivity contribution in [1.82, 2.24) is 10.2 Å². The number of hydrogen-bond donors (Lipinski definition) is 1. The van der Waals surface area contributed by atoms with E-state index >= 15 is 0 Å². The van der Waals surface area contributed by atoms with Gasteiger partial charge in [0.1, 0.15) is 0 Å². The number of amides is 1. The second-order valence-electron chi connectivity index (χ2n) is 5.49. The molecule has 19 heavy (non-hydrogen) atoms. The Kier molecular flexibility index (Phi) is 3.80. The summed E-state index contributed by atoms with van der Waals surface area (Å²) in [6.45, 7) is 2.97. The van der Waals surface area contributed by atoms with Crippen LogP contribution in [0, 0.1) is 5.92 Å². The lowest BCUT2D eigenvalue weighted by molar-refractivity contribution is 0.0669. The molecule has 1 aromatic rings. The molecule has 2 heterocycles. The second-order valence-corrected chi connectivity index (χ2v) is 5.86. The Bertz CT molecular complexity index is 450. The van der Waals surface area contributed by atoms with Crippen LogP contribution in [-0.4, -0.2) is 36.5 Å². The van der Waals surface area contributed by atoms with Crippen LogP contribution in [0.2, 0.25) is 5.22 Å². The molecule has 4 nitrogen and oxygen atoms in total. The zero-order chi connectivity index (χ0) is 13.2. The minimum absolute atomic E-state index is 0.00654. The zero-order valence-electron chi connectivity index (χ0n) is 10.9. The summed E-state index contributed by atoms with van der Waals surface area (Å²) in [6, 6.07) is 3.71. The fourth-order valence-corrected chi connectivity index (χ4v) is 2.84. The van der Waals surface area contributed by atoms with E-state index in [-0.39, 0.29) is 11.1 Å². The highest BCUT2D eigenvalue weighted by Crippen LogP contribution is 2.31. The highest BCUT2D eigenvalue weighted by Gasteiger charge is 2.35. The molecular weight excluding hydrogens is 264 g/mol. The van der Waals surface area contributed by atoms with Gasteiger partial charge in [-0.05, 0) is 68.4 Å². The highest BCUT2D eigenvalue weighted by molar-refractivity contribution is 6.29. The Morgan fingerprint density at radius 3 is 2.63 bits per heavy atom. The summed E-state index contributed by atoms with van der Waals surface area (Å²) >= 11 is 5.75. The monoisotopic (exact) mass is 282 g/mol. The van der Waals surface area contributed by atoms with Crippen molar-refractivity contribution in [3.8, 4) is 0 Å². The standard InChI is InChI=1S/C14H19ClN2O2/c15-13-4-3-12(19-13)14(18)17(11-1-2-11)9-10-5-7-16-8-6-10/h3-4,10-11,16H,1-2,5-9H2. The molecule has 0 bridgehead atoms. The van der Waals surface area contributed by atoms with Crippen molar-refractivity contribution >= 4 is 17.5 Å². The van der Waals surface area contributed by atoms with E-state index in [0.717, 1.165) is 45.3 Å². The molecule has 0 aromatic carbocycles. The summed E-state index contributed by atoms with van der Waals surface area (Å²) in [4.78, 5) is 14.5. The molecule has 0 radical (unpaired) electrons. The van der Waals surface area contributed by atoms with Crippen LogP contribution in [0.15, 0.2) is 16.5 Å². The minimum atomic E-state index is -0.00654. The van der Waals surface area contributed by atoms with Gasteiger partial charge >= 0.3 is 0 Å². The smallest absolute Gasteiger partial charge is 0.289 e. The molecule has 0 spiro atoms. The maximum Gasteiger partial charge on any atom is 0.289 e. The van der Waals surface area contributed by atoms with Crippen molar-refractivity contribution in [3.63, 3.8) is 0 Å². The van der Waals surface area contributed by atoms with Crippen LogP contribution in [0.1, 0.15) is 36.2 Å². The van der Waals surface area contributed by atoms with Gasteiger partial charge in [-0.25, -0.2) is 0 Å². The van der Waals surface area contributed by atoms with Crippen LogP contribution in [-0.2, 0) is 0 Å². The Labute approximate surface area is 118 Å². The third kappa shape index (κ3) is 3.12. The van der Waals surface area contributed by atoms with Crippen molar-refractivity contribution in [2.45, 2.75) is 31.7 Å². The number of nitrogens with one attached hydrogen (secondary N) is 1. The van der Waals surface area contributed by atoms with Crippen LogP contribution < -0.4 is 5.32 Å². The predicted octanol–water partition coefficient (Wildman–Crippen LogP) is 2.54. The molecule has 1 aliphatic heterocycles. The van der Waals surface area contributed by atoms with Crippen molar-refractivity contribution in [3.05, 3.63) is 23.1 Å². The summed E-state index contributed by atoms with van der Waals surface area (Å²) in [5, 5.41) is 3.64. The first-order chi connectivity index (χ1) is 9.24. The number of carbonyl (C=O) groups excluding carboxylic acids is 1. The molecule has 1 N–H and O–H groups in total. The van der Waals surface area contributed by atoms with E-state index in [1.165, 1.54) is 0 Å². The predicted molar refractivity (Wildman–Crippen MR) is 73.4 cm³/mol. The van der Waals surface area contributed by atoms with E-state index in [4.69, 9.17) is 16.0 Å². The van der Waals surface area contributed by atoms with Gasteiger partial charge in [-0.3, -0.25) is 4.79 Å². The van der Waals surface area contributed by atoms with E-state index in [1.807, 2.05) is 4.90 Å². The van der Waals surface area contributed by atoms with Crippen LogP contribution in [0.5, 0.6) is 0 Å². The lowest BCUT2D eigenvalue weighted by atomic mass is 9.97. The van der Waals surface area contributed by atoms with Gasteiger partial charge in [-0.15, -0.1) is 0 Å². The van der Waals surface area contributed by atoms with Crippen molar-refractivity contribution < 1.29 is 9.21 Å². The van der Waals surface area contributed by atoms with Gasteiger partial charge in [0.25, 0.3) is 5.91 Å². The van der Waals surface area contributed by atoms with Gasteiger partial charge in [0, 0.05) is 12.6 Å². The maximum atomic E-state index is 12.5. The van der Waals surface area contributed by atoms with Gasteiger partial charge in [-0.2, -0.15) is 0 Å². The number of carbonyl (C=O) groups is 1. The lowest BCUT2D eigenvalue weighted by Crippen LogP contribution is -2.40. The number of furan rings is 1. The summed E-state index contributed by atoms with van der Waals surface area (Å²) in [6.07, 6.45) is 4.53. The number of piperidine rings is 1. The highest BCUT2D eigenvalue weighted by atomic mass is 35.5. The molecule has 0 atom stereocenters. The molecule has 1 aliphatic carbocycles. The lowest BCUT2D eigenvalue weighted by Gasteiger charge is -2.29. The molecule has 1 aromatic heterocycles. The SMILES string of the molecule is O=C(c1ccc(Cl)o1)N(CC1CCNCC1)C1CC1. The molecule has 3 rings (SSSR count). The average molecular weight is 283 g/mol. The van der Waals surface area contributed by atoms with Gasteiger partial charge in [0.15, 0.2) is 11.0 Å². The molecule has 0 unspecified atom stereocenters. The number of rotatable bonds is 4. The normalized spacial score (nSPS) is 20.5. The minimum Gasteiger partial charge on any atom is -0.440 e. The Hall–Kier alpha value is -1.00. The molecule has 1 saturated heterocycles. The summed E-state index contributed by atoms with van der Waals surface area (Å²) in [5.41, 5.74) is 0. The van der Waals surface area contributed by atoms with E-state index < -0.39 is 0 Å². The quantitative estimate of drug-likeness (QED) is 0.923.